The Balaban J connectivity index is 2.82. The average Bonchev–Trinajstić information content (AvgIpc) is 2.46. The summed E-state index contributed by atoms with van der Waals surface area (Å²) in [7, 11) is 0. The molecule has 0 saturated carbocycles. The van der Waals surface area contributed by atoms with Crippen LogP contribution < -0.4 is 4.74 Å². The maximum Gasteiger partial charge on any atom is 0.352 e. The van der Waals surface area contributed by atoms with Gasteiger partial charge in [-0.3, -0.25) is 4.79 Å². The van der Waals surface area contributed by atoms with Crippen LogP contribution in [0, 0.1) is 0 Å². The zero-order valence-corrected chi connectivity index (χ0v) is 13.2. The van der Waals surface area contributed by atoms with E-state index in [0.29, 0.717) is 24.7 Å². The highest BCUT2D eigenvalue weighted by molar-refractivity contribution is 6.33. The Labute approximate surface area is 133 Å². The van der Waals surface area contributed by atoms with Gasteiger partial charge in [0.15, 0.2) is 12.4 Å². The first-order chi connectivity index (χ1) is 10.4. The molecule has 1 unspecified atom stereocenters. The summed E-state index contributed by atoms with van der Waals surface area (Å²) in [5.74, 6) is -1.18. The van der Waals surface area contributed by atoms with Crippen molar-refractivity contribution in [1.82, 2.24) is 0 Å². The molecule has 1 aromatic rings. The molecule has 0 fully saturated rings. The van der Waals surface area contributed by atoms with E-state index in [1.165, 1.54) is 25.1 Å². The normalized spacial score (nSPS) is 11.4. The second kappa shape index (κ2) is 8.34. The number of benzene rings is 1. The van der Waals surface area contributed by atoms with Crippen LogP contribution in [0.1, 0.15) is 37.0 Å². The predicted molar refractivity (Wildman–Crippen MR) is 82.1 cm³/mol. The smallest absolute Gasteiger partial charge is 0.352 e. The van der Waals surface area contributed by atoms with Gasteiger partial charge in [-0.2, -0.15) is 0 Å². The van der Waals surface area contributed by atoms with E-state index < -0.39 is 18.0 Å². The molecule has 6 heteroatoms. The Bertz CT molecular complexity index is 594. The highest BCUT2D eigenvalue weighted by Crippen LogP contribution is 2.22. The van der Waals surface area contributed by atoms with Crippen LogP contribution in [0.2, 0.25) is 5.02 Å². The summed E-state index contributed by atoms with van der Waals surface area (Å²) in [5, 5.41) is 0.172. The highest BCUT2D eigenvalue weighted by atomic mass is 35.5. The molecule has 0 aliphatic carbocycles. The summed E-state index contributed by atoms with van der Waals surface area (Å²) in [4.78, 5) is 34.3. The van der Waals surface area contributed by atoms with Gasteiger partial charge < -0.3 is 9.47 Å². The number of carbonyl (C=O) groups excluding carboxylic acids is 3. The fourth-order valence-corrected chi connectivity index (χ4v) is 1.78. The number of aldehydes is 1. The molecule has 0 saturated heterocycles. The van der Waals surface area contributed by atoms with Gasteiger partial charge in [-0.1, -0.05) is 31.5 Å². The van der Waals surface area contributed by atoms with E-state index in [0.717, 1.165) is 0 Å². The lowest BCUT2D eigenvalue weighted by Gasteiger charge is -2.16. The fraction of sp³-hybridized carbons (Fsp3) is 0.312. The second-order valence-corrected chi connectivity index (χ2v) is 5.09. The predicted octanol–water partition coefficient (Wildman–Crippen LogP) is 3.35. The average molecular weight is 325 g/mol. The van der Waals surface area contributed by atoms with Gasteiger partial charge >= 0.3 is 11.9 Å². The van der Waals surface area contributed by atoms with Gasteiger partial charge in [0.1, 0.15) is 5.75 Å². The van der Waals surface area contributed by atoms with Crippen LogP contribution in [0.25, 0.3) is 0 Å². The van der Waals surface area contributed by atoms with Crippen LogP contribution >= 0.6 is 11.6 Å². The fourth-order valence-electron chi connectivity index (χ4n) is 1.57. The van der Waals surface area contributed by atoms with Crippen molar-refractivity contribution in [3.8, 4) is 5.75 Å². The molecule has 1 rings (SSSR count). The molecule has 0 aliphatic rings. The molecule has 0 spiro atoms. The maximum atomic E-state index is 12.1. The second-order valence-electron chi connectivity index (χ2n) is 4.69. The first-order valence-corrected chi connectivity index (χ1v) is 7.09. The Morgan fingerprint density at radius 1 is 1.41 bits per heavy atom. The first-order valence-electron chi connectivity index (χ1n) is 6.72. The Morgan fingerprint density at radius 2 is 2.09 bits per heavy atom. The first kappa shape index (κ1) is 17.9. The monoisotopic (exact) mass is 324 g/mol. The number of carbonyl (C=O) groups is 3. The summed E-state index contributed by atoms with van der Waals surface area (Å²) in [5.41, 5.74) is 0.493. The molecule has 0 radical (unpaired) electrons. The molecule has 5 nitrogen and oxygen atoms in total. The van der Waals surface area contributed by atoms with Crippen molar-refractivity contribution in [2.75, 3.05) is 0 Å². The number of hydrogen-bond acceptors (Lipinski definition) is 5. The standard InChI is InChI=1S/C16H17ClO5/c1-4-5-14(22-15(19)10(2)3)16(20)21-12-7-6-11(9-18)13(17)8-12/h6-9,14H,2,4-5H2,1,3H3. The van der Waals surface area contributed by atoms with E-state index in [1.807, 2.05) is 6.92 Å². The van der Waals surface area contributed by atoms with E-state index >= 15 is 0 Å². The molecule has 0 aliphatic heterocycles. The summed E-state index contributed by atoms with van der Waals surface area (Å²) < 4.78 is 10.2. The van der Waals surface area contributed by atoms with Gasteiger partial charge in [0, 0.05) is 17.2 Å². The van der Waals surface area contributed by atoms with E-state index in [2.05, 4.69) is 6.58 Å². The SMILES string of the molecule is C=C(C)C(=O)OC(CCC)C(=O)Oc1ccc(C=O)c(Cl)c1. The van der Waals surface area contributed by atoms with E-state index in [9.17, 15) is 14.4 Å². The molecule has 0 aromatic heterocycles. The van der Waals surface area contributed by atoms with Gasteiger partial charge in [0.2, 0.25) is 0 Å². The van der Waals surface area contributed by atoms with Crippen molar-refractivity contribution < 1.29 is 23.9 Å². The molecular weight excluding hydrogens is 308 g/mol. The van der Waals surface area contributed by atoms with Crippen LogP contribution in [-0.4, -0.2) is 24.3 Å². The van der Waals surface area contributed by atoms with Crippen LogP contribution in [0.5, 0.6) is 5.75 Å². The van der Waals surface area contributed by atoms with Gasteiger partial charge in [-0.25, -0.2) is 9.59 Å². The minimum Gasteiger partial charge on any atom is -0.447 e. The molecule has 0 bridgehead atoms. The molecule has 1 atom stereocenters. The Morgan fingerprint density at radius 3 is 2.59 bits per heavy atom. The minimum absolute atomic E-state index is 0.172. The van der Waals surface area contributed by atoms with Crippen molar-refractivity contribution in [3.05, 3.63) is 40.9 Å². The molecule has 22 heavy (non-hydrogen) atoms. The van der Waals surface area contributed by atoms with Crippen LogP contribution in [0.15, 0.2) is 30.4 Å². The maximum absolute atomic E-state index is 12.1. The topological polar surface area (TPSA) is 69.7 Å². The summed E-state index contributed by atoms with van der Waals surface area (Å²) in [6.45, 7) is 6.81. The highest BCUT2D eigenvalue weighted by Gasteiger charge is 2.24. The molecule has 0 heterocycles. The largest absolute Gasteiger partial charge is 0.447 e. The van der Waals surface area contributed by atoms with Crippen LogP contribution in [0.3, 0.4) is 0 Å². The molecular formula is C16H17ClO5. The van der Waals surface area contributed by atoms with E-state index in [-0.39, 0.29) is 16.3 Å². The summed E-state index contributed by atoms with van der Waals surface area (Å²) in [6.07, 6.45) is 0.549. The lowest BCUT2D eigenvalue weighted by atomic mass is 10.2. The number of esters is 2. The van der Waals surface area contributed by atoms with Gasteiger partial charge in [0.25, 0.3) is 0 Å². The third-order valence-electron chi connectivity index (χ3n) is 2.73. The van der Waals surface area contributed by atoms with Crippen molar-refractivity contribution in [3.63, 3.8) is 0 Å². The van der Waals surface area contributed by atoms with Crippen LogP contribution in [0.4, 0.5) is 0 Å². The lowest BCUT2D eigenvalue weighted by Crippen LogP contribution is -2.31. The summed E-state index contributed by atoms with van der Waals surface area (Å²) in [6, 6.07) is 4.23. The molecule has 118 valence electrons. The molecule has 1 aromatic carbocycles. The van der Waals surface area contributed by atoms with Crippen LogP contribution in [-0.2, 0) is 14.3 Å². The number of hydrogen-bond donors (Lipinski definition) is 0. The molecule has 0 N–H and O–H groups in total. The van der Waals surface area contributed by atoms with Crippen molar-refractivity contribution in [1.29, 1.82) is 0 Å². The number of rotatable bonds is 7. The van der Waals surface area contributed by atoms with Gasteiger partial charge in [0.05, 0.1) is 5.02 Å². The summed E-state index contributed by atoms with van der Waals surface area (Å²) >= 11 is 5.86. The quantitative estimate of drug-likeness (QED) is 0.333. The zero-order valence-electron chi connectivity index (χ0n) is 12.4. The van der Waals surface area contributed by atoms with Crippen molar-refractivity contribution in [2.45, 2.75) is 32.8 Å². The van der Waals surface area contributed by atoms with Gasteiger partial charge in [-0.15, -0.1) is 0 Å². The zero-order chi connectivity index (χ0) is 16.7. The van der Waals surface area contributed by atoms with Gasteiger partial charge in [-0.05, 0) is 25.5 Å². The van der Waals surface area contributed by atoms with Crippen molar-refractivity contribution >= 4 is 29.8 Å². The third kappa shape index (κ3) is 5.00. The number of ether oxygens (including phenoxy) is 2. The Kier molecular flexibility index (Phi) is 6.79. The van der Waals surface area contributed by atoms with E-state index in [1.54, 1.807) is 0 Å². The third-order valence-corrected chi connectivity index (χ3v) is 3.06. The molecule has 0 amide bonds. The minimum atomic E-state index is -1.02. The Hall–Kier alpha value is -2.14. The van der Waals surface area contributed by atoms with E-state index in [4.69, 9.17) is 21.1 Å². The lowest BCUT2D eigenvalue weighted by molar-refractivity contribution is -0.159. The van der Waals surface area contributed by atoms with Crippen molar-refractivity contribution in [2.24, 2.45) is 0 Å². The number of halogens is 1.